The number of likely N-dealkylation sites (N-methyl/N-ethyl adjacent to an activating group) is 1. The van der Waals surface area contributed by atoms with Crippen LogP contribution in [0.25, 0.3) is 10.9 Å². The van der Waals surface area contributed by atoms with Crippen LogP contribution in [0.3, 0.4) is 0 Å². The number of aromatic amines is 1. The number of halogens is 3. The fraction of sp³-hybridized carbons (Fsp3) is 0.533. The summed E-state index contributed by atoms with van der Waals surface area (Å²) in [7, 11) is 1.92. The number of aryl methyl sites for hydroxylation is 1. The summed E-state index contributed by atoms with van der Waals surface area (Å²) in [5, 5.41) is 4.69. The third kappa shape index (κ3) is 5.64. The lowest BCUT2D eigenvalue weighted by molar-refractivity contribution is -0.130. The number of amides is 1. The first-order chi connectivity index (χ1) is 20.0. The summed E-state index contributed by atoms with van der Waals surface area (Å²) in [5.74, 6) is -1.58. The zero-order chi connectivity index (χ0) is 29.8. The molecule has 2 N–H and O–H groups in total. The normalized spacial score (nSPS) is 27.2. The van der Waals surface area contributed by atoms with Crippen LogP contribution in [0.1, 0.15) is 24.0 Å². The number of fused-ring (bicyclic) bond motifs is 1. The lowest BCUT2D eigenvalue weighted by atomic mass is 9.96. The number of carbonyl (C=O) groups is 1. The minimum Gasteiger partial charge on any atom is -0.463 e. The number of ether oxygens (including phenoxy) is 1. The van der Waals surface area contributed by atoms with E-state index in [1.165, 1.54) is 32.7 Å². The topological polar surface area (TPSA) is 79.4 Å². The molecule has 0 aliphatic carbocycles. The standard InChI is InChI=1S/C30H38F2IN7O2/c1-18-13-24-22(5-7-34-24)26(19(18)2)40-8-6-23-25(15-40)35-29(42-16-21-14-30(32,33)17-37(21)4)36-27(23)38-9-11-39(12-10-38)28(41)20(3)31/h5,7,13,21,27,34H,3,6,8-12,14-17H2,1-2,4H3,(H,35,36)/t21-,27?,30?/m0/s1. The van der Waals surface area contributed by atoms with Gasteiger partial charge in [0.1, 0.15) is 12.8 Å². The van der Waals surface area contributed by atoms with E-state index >= 15 is 0 Å². The molecule has 1 amide bonds. The zero-order valence-electron chi connectivity index (χ0n) is 24.4. The van der Waals surface area contributed by atoms with Crippen molar-refractivity contribution in [1.82, 2.24) is 25.0 Å². The van der Waals surface area contributed by atoms with Crippen molar-refractivity contribution in [2.45, 2.75) is 42.6 Å². The van der Waals surface area contributed by atoms with Crippen LogP contribution in [-0.4, -0.2) is 107 Å². The van der Waals surface area contributed by atoms with Crippen molar-refractivity contribution in [3.8, 4) is 0 Å². The van der Waals surface area contributed by atoms with E-state index in [0.29, 0.717) is 58.3 Å². The number of nitrogens with one attached hydrogen (secondary N) is 2. The number of H-pyrrole nitrogens is 1. The highest BCUT2D eigenvalue weighted by Crippen LogP contribution is 2.38. The SMILES string of the molecule is C=C(F)C(=O)N1CCN(C2N=C(OC[C@@H]3CC(F)(I)CN3C)NC3=C2CCN(c2c(C)c(C)cc4[nH]ccc24)C3)CC1. The van der Waals surface area contributed by atoms with E-state index in [2.05, 4.69) is 52.7 Å². The van der Waals surface area contributed by atoms with Crippen molar-refractivity contribution in [1.29, 1.82) is 0 Å². The van der Waals surface area contributed by atoms with Crippen molar-refractivity contribution in [2.24, 2.45) is 4.99 Å². The van der Waals surface area contributed by atoms with Gasteiger partial charge in [-0.25, -0.2) is 13.8 Å². The molecule has 226 valence electrons. The third-order valence-corrected chi connectivity index (χ3v) is 9.87. The number of likely N-dealkylation sites (tertiary alicyclic amines) is 1. The Morgan fingerprint density at radius 2 is 2.02 bits per heavy atom. The van der Waals surface area contributed by atoms with E-state index < -0.39 is 15.4 Å². The van der Waals surface area contributed by atoms with Crippen molar-refractivity contribution in [3.05, 3.63) is 53.1 Å². The molecular formula is C30H38F2IN7O2. The van der Waals surface area contributed by atoms with E-state index in [1.807, 2.05) is 40.7 Å². The number of carbonyl (C=O) groups excluding carboxylic acids is 1. The Balaban J connectivity index is 1.25. The number of piperazine rings is 1. The fourth-order valence-electron chi connectivity index (χ4n) is 6.69. The summed E-state index contributed by atoms with van der Waals surface area (Å²) in [6.45, 7) is 11.6. The minimum absolute atomic E-state index is 0.0479. The molecule has 4 aliphatic rings. The Morgan fingerprint density at radius 3 is 2.71 bits per heavy atom. The van der Waals surface area contributed by atoms with Gasteiger partial charge in [0.15, 0.2) is 9.50 Å². The van der Waals surface area contributed by atoms with Gasteiger partial charge in [-0.2, -0.15) is 0 Å². The molecule has 2 aromatic rings. The first-order valence-electron chi connectivity index (χ1n) is 14.5. The summed E-state index contributed by atoms with van der Waals surface area (Å²) in [5.41, 5.74) is 7.12. The van der Waals surface area contributed by atoms with Crippen LogP contribution < -0.4 is 10.2 Å². The van der Waals surface area contributed by atoms with Crippen LogP contribution in [0.15, 0.2) is 47.0 Å². The number of hydrogen-bond acceptors (Lipinski definition) is 7. The summed E-state index contributed by atoms with van der Waals surface area (Å²) in [6.07, 6.45) is 2.95. The van der Waals surface area contributed by atoms with E-state index in [-0.39, 0.29) is 12.2 Å². The van der Waals surface area contributed by atoms with Gasteiger partial charge in [0.25, 0.3) is 11.9 Å². The summed E-state index contributed by atoms with van der Waals surface area (Å²) in [6, 6.07) is 4.72. The van der Waals surface area contributed by atoms with Crippen LogP contribution in [-0.2, 0) is 9.53 Å². The molecule has 6 rings (SSSR count). The molecule has 9 nitrogen and oxygen atoms in total. The number of alkyl halides is 2. The number of rotatable bonds is 5. The van der Waals surface area contributed by atoms with Gasteiger partial charge < -0.3 is 24.8 Å². The average Bonchev–Trinajstić information content (AvgIpc) is 3.52. The van der Waals surface area contributed by atoms with Gasteiger partial charge in [0.2, 0.25) is 0 Å². The lowest BCUT2D eigenvalue weighted by Crippen LogP contribution is -2.55. The largest absolute Gasteiger partial charge is 0.463 e. The predicted octanol–water partition coefficient (Wildman–Crippen LogP) is 3.98. The number of amidine groups is 1. The van der Waals surface area contributed by atoms with Gasteiger partial charge in [0.05, 0.1) is 6.54 Å². The number of anilines is 1. The fourth-order valence-corrected chi connectivity index (χ4v) is 7.74. The number of nitrogens with zero attached hydrogens (tertiary/aromatic N) is 5. The maximum absolute atomic E-state index is 14.7. The molecule has 0 radical (unpaired) electrons. The second-order valence-electron chi connectivity index (χ2n) is 11.9. The third-order valence-electron chi connectivity index (χ3n) is 9.08. The van der Waals surface area contributed by atoms with E-state index in [9.17, 15) is 13.6 Å². The van der Waals surface area contributed by atoms with Crippen molar-refractivity contribution < 1.29 is 18.3 Å². The number of hydrogen-bond donors (Lipinski definition) is 2. The molecule has 2 saturated heterocycles. The van der Waals surface area contributed by atoms with Crippen LogP contribution in [0.2, 0.25) is 0 Å². The highest BCUT2D eigenvalue weighted by atomic mass is 127. The number of benzene rings is 1. The minimum atomic E-state index is -1.26. The first-order valence-corrected chi connectivity index (χ1v) is 15.6. The van der Waals surface area contributed by atoms with Crippen LogP contribution in [0, 0.1) is 13.8 Å². The Morgan fingerprint density at radius 1 is 1.26 bits per heavy atom. The summed E-state index contributed by atoms with van der Waals surface area (Å²) >= 11 is 1.89. The van der Waals surface area contributed by atoms with Gasteiger partial charge in [-0.1, -0.05) is 6.58 Å². The molecule has 12 heteroatoms. The Kier molecular flexibility index (Phi) is 7.98. The maximum Gasteiger partial charge on any atom is 0.290 e. The molecule has 3 atom stereocenters. The monoisotopic (exact) mass is 693 g/mol. The highest BCUT2D eigenvalue weighted by molar-refractivity contribution is 14.1. The predicted molar refractivity (Wildman–Crippen MR) is 169 cm³/mol. The van der Waals surface area contributed by atoms with Gasteiger partial charge >= 0.3 is 0 Å². The van der Waals surface area contributed by atoms with E-state index in [0.717, 1.165) is 24.2 Å². The van der Waals surface area contributed by atoms with Gasteiger partial charge in [-0.05, 0) is 78.7 Å². The maximum atomic E-state index is 14.7. The van der Waals surface area contributed by atoms with Crippen molar-refractivity contribution in [2.75, 3.05) is 64.4 Å². The summed E-state index contributed by atoms with van der Waals surface area (Å²) in [4.78, 5) is 28.7. The molecule has 0 saturated carbocycles. The lowest BCUT2D eigenvalue weighted by Gasteiger charge is -2.43. The molecule has 5 heterocycles. The number of aliphatic imine (C=N–C) groups is 1. The second kappa shape index (κ2) is 11.4. The summed E-state index contributed by atoms with van der Waals surface area (Å²) < 4.78 is 33.2. The molecule has 42 heavy (non-hydrogen) atoms. The van der Waals surface area contributed by atoms with Gasteiger partial charge in [0, 0.05) is 80.2 Å². The van der Waals surface area contributed by atoms with Crippen LogP contribution in [0.4, 0.5) is 14.5 Å². The van der Waals surface area contributed by atoms with Crippen LogP contribution in [0.5, 0.6) is 0 Å². The zero-order valence-corrected chi connectivity index (χ0v) is 26.5. The molecule has 1 aromatic carbocycles. The molecule has 0 bridgehead atoms. The Bertz CT molecular complexity index is 1460. The molecule has 0 spiro atoms. The van der Waals surface area contributed by atoms with Gasteiger partial charge in [-0.3, -0.25) is 14.6 Å². The van der Waals surface area contributed by atoms with Crippen LogP contribution >= 0.6 is 22.6 Å². The highest BCUT2D eigenvalue weighted by Gasteiger charge is 2.42. The first kappa shape index (κ1) is 29.4. The quantitative estimate of drug-likeness (QED) is 0.281. The molecule has 4 aliphatic heterocycles. The Labute approximate surface area is 258 Å². The van der Waals surface area contributed by atoms with Crippen molar-refractivity contribution >= 4 is 51.1 Å². The molecule has 2 unspecified atom stereocenters. The Hall–Kier alpha value is -2.71. The van der Waals surface area contributed by atoms with Gasteiger partial charge in [-0.15, -0.1) is 0 Å². The van der Waals surface area contributed by atoms with E-state index in [1.54, 1.807) is 0 Å². The van der Waals surface area contributed by atoms with Crippen molar-refractivity contribution in [3.63, 3.8) is 0 Å². The van der Waals surface area contributed by atoms with E-state index in [4.69, 9.17) is 9.73 Å². The molecule has 1 aromatic heterocycles. The smallest absolute Gasteiger partial charge is 0.290 e. The second-order valence-corrected chi connectivity index (χ2v) is 13.8. The molecule has 2 fully saturated rings. The number of aromatic nitrogens is 1. The average molecular weight is 694 g/mol. The molecular weight excluding hydrogens is 655 g/mol.